The van der Waals surface area contributed by atoms with Gasteiger partial charge in [-0.25, -0.2) is 4.79 Å². The zero-order valence-corrected chi connectivity index (χ0v) is 15.3. The van der Waals surface area contributed by atoms with Crippen molar-refractivity contribution in [3.05, 3.63) is 71.1 Å². The van der Waals surface area contributed by atoms with Gasteiger partial charge in [0.05, 0.1) is 18.1 Å². The first-order valence-electron chi connectivity index (χ1n) is 8.45. The van der Waals surface area contributed by atoms with E-state index >= 15 is 0 Å². The van der Waals surface area contributed by atoms with Crippen molar-refractivity contribution in [1.29, 1.82) is 5.26 Å². The van der Waals surface area contributed by atoms with Crippen molar-refractivity contribution in [3.8, 4) is 17.2 Å². The highest BCUT2D eigenvalue weighted by Crippen LogP contribution is 2.39. The number of nitriles is 1. The molecule has 3 aromatic carbocycles. The molecular formula is C22H13F2NO2S. The standard InChI is InChI=1S/C22H13F2NO2S/c23-22(24,21(26)27)11-14-10-19-17(6-3-7-20(19)28-14)18-9-8-13(12-25)15-4-1-2-5-16(15)18/h1-10H,11H2,(H,26,27). The molecule has 0 saturated carbocycles. The van der Waals surface area contributed by atoms with Crippen LogP contribution in [0, 0.1) is 11.3 Å². The molecule has 1 heterocycles. The number of aliphatic carboxylic acids is 1. The average Bonchev–Trinajstić information content (AvgIpc) is 3.08. The van der Waals surface area contributed by atoms with Crippen LogP contribution in [0.15, 0.2) is 60.7 Å². The Morgan fingerprint density at radius 2 is 1.71 bits per heavy atom. The van der Waals surface area contributed by atoms with Crippen LogP contribution in [0.5, 0.6) is 0 Å². The molecule has 0 unspecified atom stereocenters. The number of hydrogen-bond acceptors (Lipinski definition) is 3. The molecule has 1 N–H and O–H groups in total. The number of nitrogens with zero attached hydrogens (tertiary/aromatic N) is 1. The maximum absolute atomic E-state index is 13.7. The lowest BCUT2D eigenvalue weighted by molar-refractivity contribution is -0.164. The molecule has 0 radical (unpaired) electrons. The second-order valence-corrected chi connectivity index (χ2v) is 7.60. The van der Waals surface area contributed by atoms with Crippen LogP contribution >= 0.6 is 11.3 Å². The molecule has 4 rings (SSSR count). The first-order valence-corrected chi connectivity index (χ1v) is 9.27. The van der Waals surface area contributed by atoms with E-state index in [1.54, 1.807) is 12.1 Å². The predicted molar refractivity (Wildman–Crippen MR) is 106 cm³/mol. The van der Waals surface area contributed by atoms with E-state index in [0.717, 1.165) is 32.0 Å². The summed E-state index contributed by atoms with van der Waals surface area (Å²) in [6.07, 6.45) is -0.838. The van der Waals surface area contributed by atoms with Crippen molar-refractivity contribution in [2.45, 2.75) is 12.3 Å². The molecular weight excluding hydrogens is 380 g/mol. The summed E-state index contributed by atoms with van der Waals surface area (Å²) in [5.41, 5.74) is 2.33. The van der Waals surface area contributed by atoms with Gasteiger partial charge in [0.25, 0.3) is 0 Å². The summed E-state index contributed by atoms with van der Waals surface area (Å²) in [4.78, 5) is 11.1. The fourth-order valence-corrected chi connectivity index (χ4v) is 4.50. The highest BCUT2D eigenvalue weighted by atomic mass is 32.1. The van der Waals surface area contributed by atoms with Gasteiger partial charge in [-0.2, -0.15) is 14.0 Å². The summed E-state index contributed by atoms with van der Waals surface area (Å²) in [5, 5.41) is 20.6. The van der Waals surface area contributed by atoms with Crippen LogP contribution in [-0.4, -0.2) is 17.0 Å². The smallest absolute Gasteiger partial charge is 0.374 e. The molecule has 0 aliphatic rings. The van der Waals surface area contributed by atoms with Gasteiger partial charge in [-0.05, 0) is 34.7 Å². The van der Waals surface area contributed by atoms with Crippen LogP contribution in [0.1, 0.15) is 10.4 Å². The van der Waals surface area contributed by atoms with Gasteiger partial charge in [0.15, 0.2) is 0 Å². The van der Waals surface area contributed by atoms with Crippen molar-refractivity contribution in [2.24, 2.45) is 0 Å². The van der Waals surface area contributed by atoms with Gasteiger partial charge in [-0.1, -0.05) is 42.5 Å². The topological polar surface area (TPSA) is 61.1 Å². The van der Waals surface area contributed by atoms with Crippen molar-refractivity contribution in [1.82, 2.24) is 0 Å². The Bertz CT molecular complexity index is 1270. The zero-order valence-electron chi connectivity index (χ0n) is 14.4. The second kappa shape index (κ2) is 6.70. The highest BCUT2D eigenvalue weighted by molar-refractivity contribution is 7.19. The quantitative estimate of drug-likeness (QED) is 0.473. The van der Waals surface area contributed by atoms with E-state index in [2.05, 4.69) is 6.07 Å². The van der Waals surface area contributed by atoms with Crippen LogP contribution in [0.2, 0.25) is 0 Å². The van der Waals surface area contributed by atoms with Crippen LogP contribution < -0.4 is 0 Å². The number of carboxylic acid groups (broad SMARTS) is 1. The van der Waals surface area contributed by atoms with E-state index in [1.807, 2.05) is 48.5 Å². The molecule has 0 saturated heterocycles. The Morgan fingerprint density at radius 3 is 2.43 bits per heavy atom. The lowest BCUT2D eigenvalue weighted by Gasteiger charge is -2.10. The third-order valence-electron chi connectivity index (χ3n) is 4.66. The van der Waals surface area contributed by atoms with Gasteiger partial charge in [-0.3, -0.25) is 0 Å². The summed E-state index contributed by atoms with van der Waals surface area (Å²) in [6, 6.07) is 20.6. The van der Waals surface area contributed by atoms with Crippen LogP contribution in [-0.2, 0) is 11.2 Å². The van der Waals surface area contributed by atoms with E-state index in [0.29, 0.717) is 10.4 Å². The number of fused-ring (bicyclic) bond motifs is 2. The van der Waals surface area contributed by atoms with E-state index < -0.39 is 18.3 Å². The Morgan fingerprint density at radius 1 is 1.00 bits per heavy atom. The molecule has 0 spiro atoms. The lowest BCUT2D eigenvalue weighted by Crippen LogP contribution is -2.30. The molecule has 6 heteroatoms. The van der Waals surface area contributed by atoms with Crippen molar-refractivity contribution < 1.29 is 18.7 Å². The molecule has 138 valence electrons. The first kappa shape index (κ1) is 18.1. The Balaban J connectivity index is 1.90. The minimum absolute atomic E-state index is 0.313. The van der Waals surface area contributed by atoms with Crippen molar-refractivity contribution >= 4 is 38.2 Å². The maximum Gasteiger partial charge on any atom is 0.374 e. The van der Waals surface area contributed by atoms with Crippen LogP contribution in [0.25, 0.3) is 32.0 Å². The monoisotopic (exact) mass is 393 g/mol. The molecule has 0 atom stereocenters. The molecule has 3 nitrogen and oxygen atoms in total. The number of carbonyl (C=O) groups is 1. The Kier molecular flexibility index (Phi) is 4.33. The molecule has 0 bridgehead atoms. The first-order chi connectivity index (χ1) is 13.4. The Labute approximate surface area is 163 Å². The molecule has 4 aromatic rings. The van der Waals surface area contributed by atoms with E-state index in [4.69, 9.17) is 5.11 Å². The lowest BCUT2D eigenvalue weighted by atomic mass is 9.93. The Hall–Kier alpha value is -3.30. The van der Waals surface area contributed by atoms with Gasteiger partial charge >= 0.3 is 11.9 Å². The number of thiophene rings is 1. The predicted octanol–water partition coefficient (Wildman–Crippen LogP) is 5.86. The van der Waals surface area contributed by atoms with Crippen molar-refractivity contribution in [3.63, 3.8) is 0 Å². The highest BCUT2D eigenvalue weighted by Gasteiger charge is 2.39. The van der Waals surface area contributed by atoms with Gasteiger partial charge in [0, 0.05) is 20.3 Å². The summed E-state index contributed by atoms with van der Waals surface area (Å²) in [7, 11) is 0. The summed E-state index contributed by atoms with van der Waals surface area (Å²) in [6.45, 7) is 0. The molecule has 1 aromatic heterocycles. The number of alkyl halides is 2. The number of carboxylic acids is 1. The fraction of sp³-hybridized carbons (Fsp3) is 0.0909. The third-order valence-corrected chi connectivity index (χ3v) is 5.76. The molecule has 28 heavy (non-hydrogen) atoms. The number of halogens is 2. The molecule has 0 amide bonds. The number of benzene rings is 3. The minimum Gasteiger partial charge on any atom is -0.477 e. The van der Waals surface area contributed by atoms with Gasteiger partial charge in [0.1, 0.15) is 0 Å². The van der Waals surface area contributed by atoms with Crippen molar-refractivity contribution in [2.75, 3.05) is 0 Å². The summed E-state index contributed by atoms with van der Waals surface area (Å²) >= 11 is 1.17. The third kappa shape index (κ3) is 3.00. The van der Waals surface area contributed by atoms with Gasteiger partial charge in [-0.15, -0.1) is 11.3 Å². The molecule has 0 aliphatic carbocycles. The minimum atomic E-state index is -3.80. The molecule has 0 aliphatic heterocycles. The van der Waals surface area contributed by atoms with Crippen LogP contribution in [0.3, 0.4) is 0 Å². The van der Waals surface area contributed by atoms with E-state index in [-0.39, 0.29) is 0 Å². The van der Waals surface area contributed by atoms with Crippen LogP contribution in [0.4, 0.5) is 8.78 Å². The maximum atomic E-state index is 13.7. The van der Waals surface area contributed by atoms with E-state index in [1.165, 1.54) is 11.3 Å². The fourth-order valence-electron chi connectivity index (χ4n) is 3.36. The second-order valence-electron chi connectivity index (χ2n) is 6.43. The summed E-state index contributed by atoms with van der Waals surface area (Å²) < 4.78 is 28.1. The molecule has 0 fully saturated rings. The number of rotatable bonds is 4. The van der Waals surface area contributed by atoms with Gasteiger partial charge in [0.2, 0.25) is 0 Å². The normalized spacial score (nSPS) is 11.6. The largest absolute Gasteiger partial charge is 0.477 e. The summed E-state index contributed by atoms with van der Waals surface area (Å²) in [5.74, 6) is -5.93. The van der Waals surface area contributed by atoms with E-state index in [9.17, 15) is 18.8 Å². The SMILES string of the molecule is N#Cc1ccc(-c2cccc3sc(CC(F)(F)C(=O)O)cc23)c2ccccc12. The zero-order chi connectivity index (χ0) is 19.9. The average molecular weight is 393 g/mol. The number of hydrogen-bond donors (Lipinski definition) is 1. The van der Waals surface area contributed by atoms with Gasteiger partial charge < -0.3 is 5.11 Å².